The third-order valence-corrected chi connectivity index (χ3v) is 3.80. The first-order valence-corrected chi connectivity index (χ1v) is 7.46. The highest BCUT2D eigenvalue weighted by molar-refractivity contribution is 5.76. The molecule has 2 rings (SSSR count). The standard InChI is InChI=1S/C16H25N3O/c1-18(11-7-15-5-3-2-4-6-15)12-8-16(20)19-13-9-17-10-14-19/h2-6,17H,7-14H2,1H3. The molecule has 1 amide bonds. The van der Waals surface area contributed by atoms with Crippen LogP contribution < -0.4 is 5.32 Å². The molecule has 1 fully saturated rings. The molecule has 1 aromatic carbocycles. The van der Waals surface area contributed by atoms with E-state index in [1.54, 1.807) is 0 Å². The van der Waals surface area contributed by atoms with Crippen LogP contribution in [0.3, 0.4) is 0 Å². The molecule has 1 saturated heterocycles. The lowest BCUT2D eigenvalue weighted by molar-refractivity contribution is -0.132. The third-order valence-electron chi connectivity index (χ3n) is 3.80. The van der Waals surface area contributed by atoms with Gasteiger partial charge in [-0.25, -0.2) is 0 Å². The molecule has 0 aliphatic carbocycles. The molecular formula is C16H25N3O. The van der Waals surface area contributed by atoms with Gasteiger partial charge in [0.15, 0.2) is 0 Å². The number of rotatable bonds is 6. The molecule has 0 aromatic heterocycles. The normalized spacial score (nSPS) is 15.6. The van der Waals surface area contributed by atoms with Gasteiger partial charge in [-0.05, 0) is 19.0 Å². The van der Waals surface area contributed by atoms with Crippen LogP contribution in [0.25, 0.3) is 0 Å². The van der Waals surface area contributed by atoms with E-state index in [1.165, 1.54) is 5.56 Å². The number of carbonyl (C=O) groups is 1. The highest BCUT2D eigenvalue weighted by Crippen LogP contribution is 2.02. The summed E-state index contributed by atoms with van der Waals surface area (Å²) in [5.41, 5.74) is 1.35. The quantitative estimate of drug-likeness (QED) is 0.841. The lowest BCUT2D eigenvalue weighted by atomic mass is 10.1. The maximum Gasteiger partial charge on any atom is 0.223 e. The number of nitrogens with one attached hydrogen (secondary N) is 1. The molecular weight excluding hydrogens is 250 g/mol. The Morgan fingerprint density at radius 3 is 2.60 bits per heavy atom. The smallest absolute Gasteiger partial charge is 0.223 e. The van der Waals surface area contributed by atoms with Crippen LogP contribution in [0.4, 0.5) is 0 Å². The van der Waals surface area contributed by atoms with Crippen molar-refractivity contribution in [2.75, 3.05) is 46.3 Å². The van der Waals surface area contributed by atoms with Gasteiger partial charge in [0.2, 0.25) is 5.91 Å². The molecule has 0 spiro atoms. The zero-order chi connectivity index (χ0) is 14.2. The summed E-state index contributed by atoms with van der Waals surface area (Å²) in [5.74, 6) is 0.290. The second kappa shape index (κ2) is 8.02. The maximum absolute atomic E-state index is 12.0. The number of benzene rings is 1. The van der Waals surface area contributed by atoms with Crippen LogP contribution in [0.15, 0.2) is 30.3 Å². The average molecular weight is 275 g/mol. The van der Waals surface area contributed by atoms with Crippen LogP contribution in [-0.2, 0) is 11.2 Å². The SMILES string of the molecule is CN(CCC(=O)N1CCNCC1)CCc1ccccc1. The predicted molar refractivity (Wildman–Crippen MR) is 81.7 cm³/mol. The van der Waals surface area contributed by atoms with E-state index >= 15 is 0 Å². The molecule has 0 atom stereocenters. The van der Waals surface area contributed by atoms with Crippen LogP contribution in [0.5, 0.6) is 0 Å². The highest BCUT2D eigenvalue weighted by Gasteiger charge is 2.16. The maximum atomic E-state index is 12.0. The van der Waals surface area contributed by atoms with Crippen molar-refractivity contribution in [2.45, 2.75) is 12.8 Å². The molecule has 1 aliphatic rings. The Bertz CT molecular complexity index is 401. The fraction of sp³-hybridized carbons (Fsp3) is 0.562. The van der Waals surface area contributed by atoms with Gasteiger partial charge >= 0.3 is 0 Å². The summed E-state index contributed by atoms with van der Waals surface area (Å²) in [6.45, 7) is 5.40. The molecule has 20 heavy (non-hydrogen) atoms. The minimum atomic E-state index is 0.290. The summed E-state index contributed by atoms with van der Waals surface area (Å²) in [7, 11) is 2.09. The monoisotopic (exact) mass is 275 g/mol. The van der Waals surface area contributed by atoms with Crippen LogP contribution >= 0.6 is 0 Å². The van der Waals surface area contributed by atoms with E-state index in [2.05, 4.69) is 41.5 Å². The van der Waals surface area contributed by atoms with Gasteiger partial charge < -0.3 is 15.1 Å². The van der Waals surface area contributed by atoms with Crippen molar-refractivity contribution in [3.8, 4) is 0 Å². The van der Waals surface area contributed by atoms with Gasteiger partial charge in [0.1, 0.15) is 0 Å². The van der Waals surface area contributed by atoms with Crippen molar-refractivity contribution in [1.29, 1.82) is 0 Å². The Morgan fingerprint density at radius 1 is 1.20 bits per heavy atom. The van der Waals surface area contributed by atoms with E-state index in [0.717, 1.165) is 45.7 Å². The summed E-state index contributed by atoms with van der Waals surface area (Å²) in [6.07, 6.45) is 1.67. The Balaban J connectivity index is 1.64. The first-order valence-electron chi connectivity index (χ1n) is 7.46. The van der Waals surface area contributed by atoms with Crippen molar-refractivity contribution in [1.82, 2.24) is 15.1 Å². The fourth-order valence-corrected chi connectivity index (χ4v) is 2.44. The minimum Gasteiger partial charge on any atom is -0.340 e. The van der Waals surface area contributed by atoms with Crippen molar-refractivity contribution in [3.05, 3.63) is 35.9 Å². The zero-order valence-electron chi connectivity index (χ0n) is 12.3. The van der Waals surface area contributed by atoms with Crippen LogP contribution in [0.2, 0.25) is 0 Å². The van der Waals surface area contributed by atoms with Gasteiger partial charge in [0.25, 0.3) is 0 Å². The molecule has 1 aliphatic heterocycles. The van der Waals surface area contributed by atoms with Gasteiger partial charge in [-0.2, -0.15) is 0 Å². The Labute approximate surface area is 121 Å². The molecule has 0 radical (unpaired) electrons. The molecule has 0 unspecified atom stereocenters. The van der Waals surface area contributed by atoms with E-state index < -0.39 is 0 Å². The van der Waals surface area contributed by atoms with Crippen molar-refractivity contribution in [3.63, 3.8) is 0 Å². The first-order chi connectivity index (χ1) is 9.75. The molecule has 1 heterocycles. The van der Waals surface area contributed by atoms with Crippen LogP contribution in [-0.4, -0.2) is 62.0 Å². The molecule has 1 aromatic rings. The molecule has 4 nitrogen and oxygen atoms in total. The molecule has 0 saturated carbocycles. The Kier molecular flexibility index (Phi) is 6.02. The Morgan fingerprint density at radius 2 is 1.90 bits per heavy atom. The number of likely N-dealkylation sites (N-methyl/N-ethyl adjacent to an activating group) is 1. The number of hydrogen-bond acceptors (Lipinski definition) is 3. The van der Waals surface area contributed by atoms with Gasteiger partial charge in [0, 0.05) is 45.7 Å². The van der Waals surface area contributed by atoms with Gasteiger partial charge in [-0.3, -0.25) is 4.79 Å². The second-order valence-electron chi connectivity index (χ2n) is 5.42. The summed E-state index contributed by atoms with van der Waals surface area (Å²) < 4.78 is 0. The lowest BCUT2D eigenvalue weighted by Gasteiger charge is -2.28. The molecule has 0 bridgehead atoms. The summed E-state index contributed by atoms with van der Waals surface area (Å²) in [6, 6.07) is 10.5. The van der Waals surface area contributed by atoms with E-state index in [0.29, 0.717) is 6.42 Å². The van der Waals surface area contributed by atoms with Crippen LogP contribution in [0, 0.1) is 0 Å². The molecule has 110 valence electrons. The molecule has 4 heteroatoms. The summed E-state index contributed by atoms with van der Waals surface area (Å²) >= 11 is 0. The van der Waals surface area contributed by atoms with Crippen molar-refractivity contribution < 1.29 is 4.79 Å². The largest absolute Gasteiger partial charge is 0.340 e. The predicted octanol–water partition coefficient (Wildman–Crippen LogP) is 0.983. The summed E-state index contributed by atoms with van der Waals surface area (Å²) in [5, 5.41) is 3.27. The topological polar surface area (TPSA) is 35.6 Å². The van der Waals surface area contributed by atoms with Gasteiger partial charge in [-0.1, -0.05) is 30.3 Å². The number of carbonyl (C=O) groups excluding carboxylic acids is 1. The van der Waals surface area contributed by atoms with E-state index in [1.807, 2.05) is 11.0 Å². The van der Waals surface area contributed by atoms with Gasteiger partial charge in [-0.15, -0.1) is 0 Å². The number of nitrogens with zero attached hydrogens (tertiary/aromatic N) is 2. The lowest BCUT2D eigenvalue weighted by Crippen LogP contribution is -2.47. The van der Waals surface area contributed by atoms with Crippen LogP contribution in [0.1, 0.15) is 12.0 Å². The van der Waals surface area contributed by atoms with E-state index in [4.69, 9.17) is 0 Å². The van der Waals surface area contributed by atoms with E-state index in [9.17, 15) is 4.79 Å². The number of hydrogen-bond donors (Lipinski definition) is 1. The average Bonchev–Trinajstić information content (AvgIpc) is 2.52. The van der Waals surface area contributed by atoms with Gasteiger partial charge in [0.05, 0.1) is 0 Å². The van der Waals surface area contributed by atoms with Crippen molar-refractivity contribution in [2.24, 2.45) is 0 Å². The Hall–Kier alpha value is -1.39. The van der Waals surface area contributed by atoms with E-state index in [-0.39, 0.29) is 5.91 Å². The summed E-state index contributed by atoms with van der Waals surface area (Å²) in [4.78, 5) is 16.3. The third kappa shape index (κ3) is 4.94. The minimum absolute atomic E-state index is 0.290. The van der Waals surface area contributed by atoms with Crippen molar-refractivity contribution >= 4 is 5.91 Å². The zero-order valence-corrected chi connectivity index (χ0v) is 12.3. The molecule has 1 N–H and O–H groups in total. The second-order valence-corrected chi connectivity index (χ2v) is 5.42. The number of amides is 1. The highest BCUT2D eigenvalue weighted by atomic mass is 16.2. The number of piperazine rings is 1. The fourth-order valence-electron chi connectivity index (χ4n) is 2.44. The first kappa shape index (κ1) is 15.0.